The molecule has 4 nitrogen and oxygen atoms in total. The minimum absolute atomic E-state index is 0.125. The molecule has 1 N–H and O–H groups in total. The molecule has 3 aromatic rings. The summed E-state index contributed by atoms with van der Waals surface area (Å²) in [7, 11) is 0. The summed E-state index contributed by atoms with van der Waals surface area (Å²) in [5, 5.41) is 6.34. The Kier molecular flexibility index (Phi) is 4.27. The second-order valence-electron chi connectivity index (χ2n) is 9.51. The van der Waals surface area contributed by atoms with E-state index >= 15 is 0 Å². The van der Waals surface area contributed by atoms with Gasteiger partial charge in [-0.05, 0) is 80.5 Å². The Morgan fingerprint density at radius 3 is 2.37 bits per heavy atom. The van der Waals surface area contributed by atoms with Crippen molar-refractivity contribution in [3.8, 4) is 21.8 Å². The molecule has 152 valence electrons. The van der Waals surface area contributed by atoms with Gasteiger partial charge in [-0.3, -0.25) is 9.78 Å². The number of aromatic nitrogens is 2. The number of rotatable bonds is 4. The predicted molar refractivity (Wildman–Crippen MR) is 120 cm³/mol. The van der Waals surface area contributed by atoms with Gasteiger partial charge in [0.05, 0.1) is 11.1 Å². The van der Waals surface area contributed by atoms with Gasteiger partial charge in [0.15, 0.2) is 0 Å². The zero-order valence-electron chi connectivity index (χ0n) is 16.9. The number of hydrogen-bond acceptors (Lipinski definition) is 4. The van der Waals surface area contributed by atoms with Gasteiger partial charge >= 0.3 is 0 Å². The first kappa shape index (κ1) is 18.3. The maximum atomic E-state index is 13.4. The van der Waals surface area contributed by atoms with Gasteiger partial charge in [0, 0.05) is 34.6 Å². The quantitative estimate of drug-likeness (QED) is 0.566. The molecular weight excluding hydrogens is 390 g/mol. The van der Waals surface area contributed by atoms with E-state index in [-0.39, 0.29) is 11.3 Å². The third kappa shape index (κ3) is 3.16. The number of amides is 1. The molecule has 2 heterocycles. The summed E-state index contributed by atoms with van der Waals surface area (Å²) in [4.78, 5) is 22.3. The predicted octanol–water partition coefficient (Wildman–Crippen LogP) is 6.03. The Labute approximate surface area is 180 Å². The first-order chi connectivity index (χ1) is 14.7. The van der Waals surface area contributed by atoms with Crippen LogP contribution in [0.25, 0.3) is 21.8 Å². The van der Waals surface area contributed by atoms with Crippen LogP contribution in [0.3, 0.4) is 0 Å². The van der Waals surface area contributed by atoms with Crippen LogP contribution in [-0.4, -0.2) is 15.9 Å². The highest BCUT2D eigenvalue weighted by Gasteiger charge is 2.54. The van der Waals surface area contributed by atoms with Crippen LogP contribution in [0.2, 0.25) is 0 Å². The van der Waals surface area contributed by atoms with Crippen LogP contribution in [0, 0.1) is 23.2 Å². The minimum Gasteiger partial charge on any atom is -0.326 e. The summed E-state index contributed by atoms with van der Waals surface area (Å²) in [6.45, 7) is 0. The zero-order chi connectivity index (χ0) is 20.1. The van der Waals surface area contributed by atoms with Crippen LogP contribution in [-0.2, 0) is 4.79 Å². The fourth-order valence-electron chi connectivity index (χ4n) is 6.44. The Morgan fingerprint density at radius 1 is 0.967 bits per heavy atom. The molecule has 4 fully saturated rings. The van der Waals surface area contributed by atoms with Crippen LogP contribution >= 0.6 is 11.3 Å². The van der Waals surface area contributed by atoms with Gasteiger partial charge in [0.25, 0.3) is 0 Å². The summed E-state index contributed by atoms with van der Waals surface area (Å²) < 4.78 is 0. The van der Waals surface area contributed by atoms with Gasteiger partial charge in [-0.15, -0.1) is 11.3 Å². The molecule has 30 heavy (non-hydrogen) atoms. The van der Waals surface area contributed by atoms with Crippen molar-refractivity contribution in [2.24, 2.45) is 23.2 Å². The van der Waals surface area contributed by atoms with E-state index in [1.165, 1.54) is 19.3 Å². The molecular formula is C25H25N3OS. The van der Waals surface area contributed by atoms with Crippen molar-refractivity contribution in [2.45, 2.75) is 38.5 Å². The average molecular weight is 416 g/mol. The molecule has 0 saturated heterocycles. The van der Waals surface area contributed by atoms with Crippen LogP contribution < -0.4 is 5.32 Å². The molecule has 4 aliphatic carbocycles. The SMILES string of the molecule is O=C(Nc1cccc(-c2csc(-c3ccncc3)n2)c1)C12CC3CC(CC(C3)C1)C2. The molecule has 0 atom stereocenters. The minimum atomic E-state index is -0.125. The molecule has 1 amide bonds. The topological polar surface area (TPSA) is 54.9 Å². The van der Waals surface area contributed by atoms with Gasteiger partial charge in [-0.1, -0.05) is 12.1 Å². The van der Waals surface area contributed by atoms with Crippen molar-refractivity contribution in [3.05, 3.63) is 54.2 Å². The van der Waals surface area contributed by atoms with Gasteiger partial charge in [-0.2, -0.15) is 0 Å². The Balaban J connectivity index is 1.23. The molecule has 0 aliphatic heterocycles. The van der Waals surface area contributed by atoms with E-state index in [1.54, 1.807) is 23.7 Å². The molecule has 7 rings (SSSR count). The van der Waals surface area contributed by atoms with Gasteiger partial charge in [-0.25, -0.2) is 4.98 Å². The number of nitrogens with one attached hydrogen (secondary N) is 1. The molecule has 0 unspecified atom stereocenters. The largest absolute Gasteiger partial charge is 0.326 e. The highest BCUT2D eigenvalue weighted by Crippen LogP contribution is 2.60. The number of nitrogens with zero attached hydrogens (tertiary/aromatic N) is 2. The maximum Gasteiger partial charge on any atom is 0.230 e. The monoisotopic (exact) mass is 415 g/mol. The standard InChI is InChI=1S/C25H25N3OS/c29-24(25-12-16-8-17(13-25)10-18(9-16)14-25)27-21-3-1-2-20(11-21)22-15-30-23(28-22)19-4-6-26-7-5-19/h1-7,11,15-18H,8-10,12-14H2,(H,27,29). The average Bonchev–Trinajstić information content (AvgIpc) is 3.24. The van der Waals surface area contributed by atoms with Crippen LogP contribution in [0.5, 0.6) is 0 Å². The fourth-order valence-corrected chi connectivity index (χ4v) is 7.28. The number of thiazole rings is 1. The third-order valence-electron chi connectivity index (χ3n) is 7.37. The number of benzene rings is 1. The van der Waals surface area contributed by atoms with E-state index in [0.29, 0.717) is 0 Å². The molecule has 1 aromatic carbocycles. The lowest BCUT2D eigenvalue weighted by Gasteiger charge is -2.55. The Morgan fingerprint density at radius 2 is 1.67 bits per heavy atom. The van der Waals surface area contributed by atoms with E-state index in [9.17, 15) is 4.79 Å². The first-order valence-electron chi connectivity index (χ1n) is 10.9. The fraction of sp³-hybridized carbons (Fsp3) is 0.400. The lowest BCUT2D eigenvalue weighted by Crippen LogP contribution is -2.51. The highest BCUT2D eigenvalue weighted by atomic mass is 32.1. The zero-order valence-corrected chi connectivity index (χ0v) is 17.7. The second kappa shape index (κ2) is 7.02. The maximum absolute atomic E-state index is 13.4. The van der Waals surface area contributed by atoms with Crippen LogP contribution in [0.15, 0.2) is 54.2 Å². The molecule has 0 spiro atoms. The van der Waals surface area contributed by atoms with E-state index in [4.69, 9.17) is 4.98 Å². The van der Waals surface area contributed by atoms with Crippen molar-refractivity contribution in [2.75, 3.05) is 5.32 Å². The number of anilines is 1. The van der Waals surface area contributed by atoms with E-state index in [1.807, 2.05) is 24.3 Å². The number of pyridine rings is 1. The number of carbonyl (C=O) groups is 1. The van der Waals surface area contributed by atoms with Crippen LogP contribution in [0.4, 0.5) is 5.69 Å². The van der Waals surface area contributed by atoms with Crippen molar-refractivity contribution < 1.29 is 4.79 Å². The van der Waals surface area contributed by atoms with Crippen molar-refractivity contribution in [3.63, 3.8) is 0 Å². The van der Waals surface area contributed by atoms with E-state index in [2.05, 4.69) is 27.8 Å². The van der Waals surface area contributed by atoms with Crippen LogP contribution in [0.1, 0.15) is 38.5 Å². The van der Waals surface area contributed by atoms with Crippen molar-refractivity contribution >= 4 is 22.9 Å². The highest BCUT2D eigenvalue weighted by molar-refractivity contribution is 7.13. The smallest absolute Gasteiger partial charge is 0.230 e. The summed E-state index contributed by atoms with van der Waals surface area (Å²) in [6, 6.07) is 12.1. The van der Waals surface area contributed by atoms with E-state index in [0.717, 1.165) is 64.5 Å². The summed E-state index contributed by atoms with van der Waals surface area (Å²) in [6.07, 6.45) is 10.9. The lowest BCUT2D eigenvalue weighted by molar-refractivity contribution is -0.140. The normalized spacial score (nSPS) is 29.1. The second-order valence-corrected chi connectivity index (χ2v) is 10.4. The molecule has 4 saturated carbocycles. The molecule has 2 aromatic heterocycles. The van der Waals surface area contributed by atoms with Gasteiger partial charge < -0.3 is 5.32 Å². The number of hydrogen-bond donors (Lipinski definition) is 1. The summed E-state index contributed by atoms with van der Waals surface area (Å²) in [5.74, 6) is 2.56. The molecule has 4 bridgehead atoms. The Hall–Kier alpha value is -2.53. The van der Waals surface area contributed by atoms with Gasteiger partial charge in [0.1, 0.15) is 5.01 Å². The van der Waals surface area contributed by atoms with Gasteiger partial charge in [0.2, 0.25) is 5.91 Å². The third-order valence-corrected chi connectivity index (χ3v) is 8.26. The molecule has 0 radical (unpaired) electrons. The van der Waals surface area contributed by atoms with Crippen molar-refractivity contribution in [1.29, 1.82) is 0 Å². The molecule has 5 heteroatoms. The first-order valence-corrected chi connectivity index (χ1v) is 11.8. The van der Waals surface area contributed by atoms with E-state index < -0.39 is 0 Å². The Bertz CT molecular complexity index is 1060. The lowest BCUT2D eigenvalue weighted by atomic mass is 9.49. The number of carbonyl (C=O) groups excluding carboxylic acids is 1. The summed E-state index contributed by atoms with van der Waals surface area (Å²) in [5.41, 5.74) is 3.81. The summed E-state index contributed by atoms with van der Waals surface area (Å²) >= 11 is 1.63. The van der Waals surface area contributed by atoms with Crippen molar-refractivity contribution in [1.82, 2.24) is 9.97 Å². The molecule has 4 aliphatic rings.